The molecule has 2 aromatic rings. The van der Waals surface area contributed by atoms with Crippen molar-refractivity contribution in [3.8, 4) is 5.75 Å². The third-order valence-electron chi connectivity index (χ3n) is 3.77. The van der Waals surface area contributed by atoms with E-state index < -0.39 is 0 Å². The largest absolute Gasteiger partial charge is 0.495 e. The molecule has 0 aromatic heterocycles. The van der Waals surface area contributed by atoms with Crippen LogP contribution in [0.5, 0.6) is 5.75 Å². The van der Waals surface area contributed by atoms with Gasteiger partial charge in [-0.05, 0) is 30.3 Å². The summed E-state index contributed by atoms with van der Waals surface area (Å²) in [6.07, 6.45) is 0.410. The normalized spacial score (nSPS) is 14.0. The van der Waals surface area contributed by atoms with Gasteiger partial charge in [-0.1, -0.05) is 18.2 Å². The third kappa shape index (κ3) is 2.99. The number of methoxy groups -OCH3 is 1. The molecular weight excluding hydrogens is 308 g/mol. The van der Waals surface area contributed by atoms with Crippen molar-refractivity contribution < 1.29 is 19.1 Å². The minimum absolute atomic E-state index is 0.205. The van der Waals surface area contributed by atoms with Crippen LogP contribution in [0, 0.1) is 0 Å². The van der Waals surface area contributed by atoms with E-state index in [1.54, 1.807) is 42.5 Å². The van der Waals surface area contributed by atoms with E-state index in [0.717, 1.165) is 4.90 Å². The number of imide groups is 1. The van der Waals surface area contributed by atoms with Crippen LogP contribution in [0.2, 0.25) is 0 Å². The topological polar surface area (TPSA) is 75.7 Å². The monoisotopic (exact) mass is 324 g/mol. The first kappa shape index (κ1) is 15.7. The van der Waals surface area contributed by atoms with Crippen LogP contribution in [0.4, 0.5) is 11.4 Å². The predicted molar refractivity (Wildman–Crippen MR) is 89.1 cm³/mol. The number of carbonyl (C=O) groups excluding carboxylic acids is 3. The van der Waals surface area contributed by atoms with Crippen molar-refractivity contribution in [2.45, 2.75) is 12.8 Å². The van der Waals surface area contributed by atoms with E-state index in [1.165, 1.54) is 13.2 Å². The lowest BCUT2D eigenvalue weighted by atomic mass is 10.1. The summed E-state index contributed by atoms with van der Waals surface area (Å²) in [5.41, 5.74) is 1.31. The molecule has 6 heteroatoms. The van der Waals surface area contributed by atoms with Crippen LogP contribution in [0.15, 0.2) is 48.5 Å². The maximum Gasteiger partial charge on any atom is 0.255 e. The van der Waals surface area contributed by atoms with Crippen molar-refractivity contribution >= 4 is 29.1 Å². The first-order valence-electron chi connectivity index (χ1n) is 7.50. The average molecular weight is 324 g/mol. The molecular formula is C18H16N2O4. The summed E-state index contributed by atoms with van der Waals surface area (Å²) in [5, 5.41) is 2.77. The number of rotatable bonds is 4. The fourth-order valence-electron chi connectivity index (χ4n) is 2.59. The summed E-state index contributed by atoms with van der Waals surface area (Å²) in [6.45, 7) is 0. The number of ether oxygens (including phenoxy) is 1. The SMILES string of the molecule is COc1ccccc1NC(=O)c1cccc(N2C(=O)CCC2=O)c1. The van der Waals surface area contributed by atoms with Crippen molar-refractivity contribution in [2.24, 2.45) is 0 Å². The number of para-hydroxylation sites is 2. The van der Waals surface area contributed by atoms with E-state index in [-0.39, 0.29) is 30.6 Å². The number of benzene rings is 2. The zero-order chi connectivity index (χ0) is 17.1. The smallest absolute Gasteiger partial charge is 0.255 e. The van der Waals surface area contributed by atoms with Gasteiger partial charge in [0.15, 0.2) is 0 Å². The van der Waals surface area contributed by atoms with Crippen molar-refractivity contribution in [3.63, 3.8) is 0 Å². The molecule has 1 heterocycles. The van der Waals surface area contributed by atoms with Crippen molar-refractivity contribution in [2.75, 3.05) is 17.3 Å². The van der Waals surface area contributed by atoms with E-state index in [9.17, 15) is 14.4 Å². The second-order valence-corrected chi connectivity index (χ2v) is 5.33. The third-order valence-corrected chi connectivity index (χ3v) is 3.77. The molecule has 1 N–H and O–H groups in total. The van der Waals surface area contributed by atoms with Crippen molar-refractivity contribution in [1.82, 2.24) is 0 Å². The maximum atomic E-state index is 12.5. The number of nitrogens with zero attached hydrogens (tertiary/aromatic N) is 1. The molecule has 0 radical (unpaired) electrons. The van der Waals surface area contributed by atoms with Crippen molar-refractivity contribution in [1.29, 1.82) is 0 Å². The highest BCUT2D eigenvalue weighted by Crippen LogP contribution is 2.26. The highest BCUT2D eigenvalue weighted by Gasteiger charge is 2.30. The van der Waals surface area contributed by atoms with Gasteiger partial charge < -0.3 is 10.1 Å². The fourth-order valence-corrected chi connectivity index (χ4v) is 2.59. The molecule has 1 saturated heterocycles. The summed E-state index contributed by atoms with van der Waals surface area (Å²) in [7, 11) is 1.52. The van der Waals surface area contributed by atoms with Crippen LogP contribution in [0.1, 0.15) is 23.2 Å². The van der Waals surface area contributed by atoms with Gasteiger partial charge in [0.05, 0.1) is 18.5 Å². The summed E-state index contributed by atoms with van der Waals surface area (Å²) < 4.78 is 5.20. The highest BCUT2D eigenvalue weighted by atomic mass is 16.5. The van der Waals surface area contributed by atoms with Crippen LogP contribution in [0.25, 0.3) is 0 Å². The first-order valence-corrected chi connectivity index (χ1v) is 7.50. The van der Waals surface area contributed by atoms with E-state index in [0.29, 0.717) is 22.7 Å². The summed E-state index contributed by atoms with van der Waals surface area (Å²) >= 11 is 0. The second kappa shape index (κ2) is 6.54. The van der Waals surface area contributed by atoms with Gasteiger partial charge in [-0.25, -0.2) is 0 Å². The number of anilines is 2. The Labute approximate surface area is 139 Å². The van der Waals surface area contributed by atoms with E-state index >= 15 is 0 Å². The molecule has 3 rings (SSSR count). The quantitative estimate of drug-likeness (QED) is 0.877. The molecule has 0 bridgehead atoms. The molecule has 1 aliphatic heterocycles. The molecule has 6 nitrogen and oxygen atoms in total. The number of amides is 3. The Hall–Kier alpha value is -3.15. The van der Waals surface area contributed by atoms with E-state index in [4.69, 9.17) is 4.74 Å². The number of carbonyl (C=O) groups is 3. The first-order chi connectivity index (χ1) is 11.6. The van der Waals surface area contributed by atoms with Crippen LogP contribution in [-0.4, -0.2) is 24.8 Å². The lowest BCUT2D eigenvalue weighted by molar-refractivity contribution is -0.121. The number of hydrogen-bond acceptors (Lipinski definition) is 4. The average Bonchev–Trinajstić information content (AvgIpc) is 2.94. The molecule has 1 fully saturated rings. The Morgan fingerprint density at radius 3 is 2.46 bits per heavy atom. The van der Waals surface area contributed by atoms with Gasteiger partial charge in [0.25, 0.3) is 5.91 Å². The van der Waals surface area contributed by atoms with Gasteiger partial charge in [0, 0.05) is 18.4 Å². The Bertz CT molecular complexity index is 800. The Balaban J connectivity index is 1.85. The Morgan fingerprint density at radius 1 is 1.04 bits per heavy atom. The minimum atomic E-state index is -0.347. The summed E-state index contributed by atoms with van der Waals surface area (Å²) in [6, 6.07) is 13.5. The summed E-state index contributed by atoms with van der Waals surface area (Å²) in [5.74, 6) is -0.295. The molecule has 0 saturated carbocycles. The molecule has 0 spiro atoms. The lowest BCUT2D eigenvalue weighted by Crippen LogP contribution is -2.28. The van der Waals surface area contributed by atoms with E-state index in [1.807, 2.05) is 0 Å². The number of nitrogens with one attached hydrogen (secondary N) is 1. The van der Waals surface area contributed by atoms with Gasteiger partial charge >= 0.3 is 0 Å². The Morgan fingerprint density at radius 2 is 1.75 bits per heavy atom. The Kier molecular flexibility index (Phi) is 4.29. The fraction of sp³-hybridized carbons (Fsp3) is 0.167. The molecule has 24 heavy (non-hydrogen) atoms. The van der Waals surface area contributed by atoms with Gasteiger partial charge in [0.1, 0.15) is 5.75 Å². The van der Waals surface area contributed by atoms with E-state index in [2.05, 4.69) is 5.32 Å². The zero-order valence-corrected chi connectivity index (χ0v) is 13.1. The summed E-state index contributed by atoms with van der Waals surface area (Å²) in [4.78, 5) is 37.2. The molecule has 0 unspecified atom stereocenters. The second-order valence-electron chi connectivity index (χ2n) is 5.33. The van der Waals surface area contributed by atoms with Crippen LogP contribution < -0.4 is 15.0 Å². The maximum absolute atomic E-state index is 12.5. The minimum Gasteiger partial charge on any atom is -0.495 e. The van der Waals surface area contributed by atoms with Gasteiger partial charge in [-0.2, -0.15) is 0 Å². The van der Waals surface area contributed by atoms with Crippen LogP contribution >= 0.6 is 0 Å². The van der Waals surface area contributed by atoms with Gasteiger partial charge in [0.2, 0.25) is 11.8 Å². The zero-order valence-electron chi connectivity index (χ0n) is 13.1. The molecule has 122 valence electrons. The molecule has 1 aliphatic rings. The molecule has 3 amide bonds. The molecule has 0 atom stereocenters. The molecule has 0 aliphatic carbocycles. The van der Waals surface area contributed by atoms with Crippen molar-refractivity contribution in [3.05, 3.63) is 54.1 Å². The predicted octanol–water partition coefficient (Wildman–Crippen LogP) is 2.60. The standard InChI is InChI=1S/C18H16N2O4/c1-24-15-8-3-2-7-14(15)19-18(23)12-5-4-6-13(11-12)20-16(21)9-10-17(20)22/h2-8,11H,9-10H2,1H3,(H,19,23). The number of hydrogen-bond donors (Lipinski definition) is 1. The van der Waals surface area contributed by atoms with Crippen LogP contribution in [-0.2, 0) is 9.59 Å². The highest BCUT2D eigenvalue weighted by molar-refractivity contribution is 6.20. The molecule has 2 aromatic carbocycles. The van der Waals surface area contributed by atoms with Crippen LogP contribution in [0.3, 0.4) is 0 Å². The lowest BCUT2D eigenvalue weighted by Gasteiger charge is -2.15. The van der Waals surface area contributed by atoms with Gasteiger partial charge in [-0.15, -0.1) is 0 Å². The van der Waals surface area contributed by atoms with Gasteiger partial charge in [-0.3, -0.25) is 19.3 Å².